The number of hydrogen-bond donors (Lipinski definition) is 1. The first-order valence-electron chi connectivity index (χ1n) is 5.85. The summed E-state index contributed by atoms with van der Waals surface area (Å²) in [6, 6.07) is 9.92. The van der Waals surface area contributed by atoms with Crippen molar-refractivity contribution in [2.75, 3.05) is 19.5 Å². The van der Waals surface area contributed by atoms with Crippen molar-refractivity contribution in [3.63, 3.8) is 0 Å². The van der Waals surface area contributed by atoms with Crippen LogP contribution in [0.2, 0.25) is 0 Å². The second-order valence-electron chi connectivity index (χ2n) is 5.01. The van der Waals surface area contributed by atoms with Gasteiger partial charge in [-0.2, -0.15) is 0 Å². The molecule has 0 amide bonds. The number of methoxy groups -OCH3 is 1. The van der Waals surface area contributed by atoms with Gasteiger partial charge in [-0.15, -0.1) is 0 Å². The van der Waals surface area contributed by atoms with E-state index in [2.05, 4.69) is 31.1 Å². The zero-order valence-electron chi connectivity index (χ0n) is 10.9. The molecular formula is C14H18N2O2. The van der Waals surface area contributed by atoms with E-state index < -0.39 is 0 Å². The highest BCUT2D eigenvalue weighted by Gasteiger charge is 2.20. The van der Waals surface area contributed by atoms with E-state index >= 15 is 0 Å². The highest BCUT2D eigenvalue weighted by atomic mass is 16.5. The van der Waals surface area contributed by atoms with Crippen LogP contribution in [0.1, 0.15) is 19.4 Å². The van der Waals surface area contributed by atoms with Crippen LogP contribution in [-0.2, 0) is 10.2 Å². The van der Waals surface area contributed by atoms with Crippen molar-refractivity contribution in [1.82, 2.24) is 5.16 Å². The Kier molecular flexibility index (Phi) is 3.39. The second kappa shape index (κ2) is 4.82. The zero-order valence-corrected chi connectivity index (χ0v) is 10.9. The normalized spacial score (nSPS) is 11.7. The standard InChI is InChI=1S/C14H18N2O2/c1-14(2,9-17-3)11-6-4-10(5-7-11)12-8-13(15)18-16-12/h4-8H,9,15H2,1-3H3. The Hall–Kier alpha value is -1.81. The summed E-state index contributed by atoms with van der Waals surface area (Å²) in [5.41, 5.74) is 8.48. The average Bonchev–Trinajstić information content (AvgIpc) is 2.76. The van der Waals surface area contributed by atoms with Gasteiger partial charge in [-0.05, 0) is 5.56 Å². The third kappa shape index (κ3) is 2.54. The summed E-state index contributed by atoms with van der Waals surface area (Å²) in [6.45, 7) is 4.99. The molecule has 2 N–H and O–H groups in total. The molecule has 0 bridgehead atoms. The van der Waals surface area contributed by atoms with Crippen LogP contribution in [-0.4, -0.2) is 18.9 Å². The van der Waals surface area contributed by atoms with Gasteiger partial charge in [0.1, 0.15) is 5.69 Å². The van der Waals surface area contributed by atoms with Crippen LogP contribution in [0.3, 0.4) is 0 Å². The maximum Gasteiger partial charge on any atom is 0.222 e. The Morgan fingerprint density at radius 3 is 2.44 bits per heavy atom. The van der Waals surface area contributed by atoms with Crippen molar-refractivity contribution < 1.29 is 9.26 Å². The van der Waals surface area contributed by atoms with E-state index in [0.717, 1.165) is 11.3 Å². The van der Waals surface area contributed by atoms with Gasteiger partial charge in [0.05, 0.1) is 6.61 Å². The molecule has 96 valence electrons. The molecule has 1 heterocycles. The van der Waals surface area contributed by atoms with Gasteiger partial charge >= 0.3 is 0 Å². The van der Waals surface area contributed by atoms with E-state index in [1.807, 2.05) is 12.1 Å². The molecule has 2 rings (SSSR count). The number of ether oxygens (including phenoxy) is 1. The monoisotopic (exact) mass is 246 g/mol. The van der Waals surface area contributed by atoms with Crippen LogP contribution in [0, 0.1) is 0 Å². The Morgan fingerprint density at radius 1 is 1.28 bits per heavy atom. The van der Waals surface area contributed by atoms with Crippen molar-refractivity contribution >= 4 is 5.88 Å². The van der Waals surface area contributed by atoms with Crippen LogP contribution >= 0.6 is 0 Å². The molecular weight excluding hydrogens is 228 g/mol. The fourth-order valence-electron chi connectivity index (χ4n) is 1.96. The minimum atomic E-state index is -0.00384. The number of benzene rings is 1. The van der Waals surface area contributed by atoms with Gasteiger partial charge in [0, 0.05) is 24.2 Å². The van der Waals surface area contributed by atoms with Crippen molar-refractivity contribution in [3.05, 3.63) is 35.9 Å². The molecule has 2 aromatic rings. The Morgan fingerprint density at radius 2 is 1.94 bits per heavy atom. The Balaban J connectivity index is 2.25. The number of nitrogen functional groups attached to an aromatic ring is 1. The highest BCUT2D eigenvalue weighted by Crippen LogP contribution is 2.27. The SMILES string of the molecule is COCC(C)(C)c1ccc(-c2cc(N)on2)cc1. The molecule has 0 atom stereocenters. The largest absolute Gasteiger partial charge is 0.384 e. The van der Waals surface area contributed by atoms with Gasteiger partial charge in [-0.1, -0.05) is 43.3 Å². The van der Waals surface area contributed by atoms with Crippen molar-refractivity contribution in [3.8, 4) is 11.3 Å². The Bertz CT molecular complexity index is 515. The number of aromatic nitrogens is 1. The van der Waals surface area contributed by atoms with Gasteiger partial charge in [0.2, 0.25) is 5.88 Å². The zero-order chi connectivity index (χ0) is 13.2. The van der Waals surface area contributed by atoms with Crippen LogP contribution < -0.4 is 5.73 Å². The average molecular weight is 246 g/mol. The number of nitrogens with two attached hydrogens (primary N) is 1. The van der Waals surface area contributed by atoms with Gasteiger partial charge < -0.3 is 15.0 Å². The minimum absolute atomic E-state index is 0.00384. The lowest BCUT2D eigenvalue weighted by Crippen LogP contribution is -2.23. The van der Waals surface area contributed by atoms with Crippen LogP contribution in [0.4, 0.5) is 5.88 Å². The first kappa shape index (κ1) is 12.6. The molecule has 0 aliphatic heterocycles. The molecule has 4 heteroatoms. The van der Waals surface area contributed by atoms with Gasteiger partial charge in [0.15, 0.2) is 0 Å². The number of hydrogen-bond acceptors (Lipinski definition) is 4. The van der Waals surface area contributed by atoms with E-state index in [1.165, 1.54) is 5.56 Å². The third-order valence-corrected chi connectivity index (χ3v) is 3.00. The van der Waals surface area contributed by atoms with Crippen LogP contribution in [0.15, 0.2) is 34.9 Å². The lowest BCUT2D eigenvalue weighted by atomic mass is 9.85. The molecule has 4 nitrogen and oxygen atoms in total. The lowest BCUT2D eigenvalue weighted by molar-refractivity contribution is 0.146. The van der Waals surface area contributed by atoms with Crippen molar-refractivity contribution in [2.45, 2.75) is 19.3 Å². The molecule has 0 unspecified atom stereocenters. The summed E-state index contributed by atoms with van der Waals surface area (Å²) < 4.78 is 10.1. The quantitative estimate of drug-likeness (QED) is 0.901. The maximum absolute atomic E-state index is 5.51. The van der Waals surface area contributed by atoms with Crippen LogP contribution in [0.5, 0.6) is 0 Å². The highest BCUT2D eigenvalue weighted by molar-refractivity contribution is 5.61. The summed E-state index contributed by atoms with van der Waals surface area (Å²) in [6.07, 6.45) is 0. The van der Waals surface area contributed by atoms with Gasteiger partial charge in [0.25, 0.3) is 0 Å². The molecule has 0 radical (unpaired) electrons. The first-order chi connectivity index (χ1) is 8.53. The summed E-state index contributed by atoms with van der Waals surface area (Å²) in [5.74, 6) is 0.328. The van der Waals surface area contributed by atoms with E-state index in [0.29, 0.717) is 12.5 Å². The molecule has 18 heavy (non-hydrogen) atoms. The molecule has 1 aromatic heterocycles. The van der Waals surface area contributed by atoms with E-state index in [1.54, 1.807) is 13.2 Å². The third-order valence-electron chi connectivity index (χ3n) is 3.00. The number of rotatable bonds is 4. The predicted octanol–water partition coefficient (Wildman–Crippen LogP) is 2.85. The lowest BCUT2D eigenvalue weighted by Gasteiger charge is -2.24. The molecule has 0 aliphatic rings. The fourth-order valence-corrected chi connectivity index (χ4v) is 1.96. The van der Waals surface area contributed by atoms with Crippen LogP contribution in [0.25, 0.3) is 11.3 Å². The van der Waals surface area contributed by atoms with Crippen molar-refractivity contribution in [2.24, 2.45) is 0 Å². The summed E-state index contributed by atoms with van der Waals surface area (Å²) in [5, 5.41) is 3.89. The topological polar surface area (TPSA) is 61.3 Å². The van der Waals surface area contributed by atoms with Gasteiger partial charge in [-0.3, -0.25) is 0 Å². The fraction of sp³-hybridized carbons (Fsp3) is 0.357. The summed E-state index contributed by atoms with van der Waals surface area (Å²) in [7, 11) is 1.72. The molecule has 0 spiro atoms. The Labute approximate surface area is 107 Å². The second-order valence-corrected chi connectivity index (χ2v) is 5.01. The first-order valence-corrected chi connectivity index (χ1v) is 5.85. The van der Waals surface area contributed by atoms with E-state index in [9.17, 15) is 0 Å². The molecule has 0 fully saturated rings. The molecule has 0 saturated carbocycles. The van der Waals surface area contributed by atoms with E-state index in [4.69, 9.17) is 15.0 Å². The molecule has 0 aliphatic carbocycles. The maximum atomic E-state index is 5.51. The predicted molar refractivity (Wildman–Crippen MR) is 71.3 cm³/mol. The molecule has 0 saturated heterocycles. The van der Waals surface area contributed by atoms with E-state index in [-0.39, 0.29) is 5.41 Å². The van der Waals surface area contributed by atoms with Crippen molar-refractivity contribution in [1.29, 1.82) is 0 Å². The number of anilines is 1. The summed E-state index contributed by atoms with van der Waals surface area (Å²) >= 11 is 0. The molecule has 1 aromatic carbocycles. The van der Waals surface area contributed by atoms with Gasteiger partial charge in [-0.25, -0.2) is 0 Å². The summed E-state index contributed by atoms with van der Waals surface area (Å²) in [4.78, 5) is 0. The number of nitrogens with zero attached hydrogens (tertiary/aromatic N) is 1. The smallest absolute Gasteiger partial charge is 0.222 e. The minimum Gasteiger partial charge on any atom is -0.384 e.